The highest BCUT2D eigenvalue weighted by atomic mass is 19.1. The zero-order valence-corrected chi connectivity index (χ0v) is 10.4. The van der Waals surface area contributed by atoms with E-state index >= 15 is 0 Å². The second-order valence-corrected chi connectivity index (χ2v) is 4.22. The van der Waals surface area contributed by atoms with Gasteiger partial charge in [-0.2, -0.15) is 0 Å². The average Bonchev–Trinajstić information content (AvgIpc) is 2.36. The summed E-state index contributed by atoms with van der Waals surface area (Å²) in [6, 6.07) is 8.40. The van der Waals surface area contributed by atoms with Crippen molar-refractivity contribution in [1.82, 2.24) is 10.3 Å². The lowest BCUT2D eigenvalue weighted by molar-refractivity contribution is 0.575. The van der Waals surface area contributed by atoms with Gasteiger partial charge in [0, 0.05) is 17.3 Å². The molecule has 0 radical (unpaired) electrons. The first-order valence-electron chi connectivity index (χ1n) is 5.77. The van der Waals surface area contributed by atoms with Gasteiger partial charge in [0.1, 0.15) is 11.6 Å². The van der Waals surface area contributed by atoms with Crippen LogP contribution in [0.5, 0.6) is 0 Å². The molecule has 2 aromatic rings. The first-order chi connectivity index (χ1) is 8.63. The Bertz CT molecular complexity index is 554. The molecule has 1 aromatic carbocycles. The van der Waals surface area contributed by atoms with Crippen LogP contribution in [0.15, 0.2) is 36.5 Å². The van der Waals surface area contributed by atoms with Crippen molar-refractivity contribution in [2.75, 3.05) is 12.8 Å². The van der Waals surface area contributed by atoms with Crippen molar-refractivity contribution in [3.8, 4) is 0 Å². The summed E-state index contributed by atoms with van der Waals surface area (Å²) in [6.07, 6.45) is 1.62. The number of nitrogens with zero attached hydrogens (tertiary/aromatic N) is 1. The van der Waals surface area contributed by atoms with Gasteiger partial charge in [-0.25, -0.2) is 9.37 Å². The van der Waals surface area contributed by atoms with Crippen molar-refractivity contribution >= 4 is 5.82 Å². The summed E-state index contributed by atoms with van der Waals surface area (Å²) in [5, 5.41) is 3.08. The van der Waals surface area contributed by atoms with Gasteiger partial charge in [-0.15, -0.1) is 0 Å². The Hall–Kier alpha value is -1.94. The SMILES string of the molecule is CNC(c1cc(C)ccc1F)c1cccnc1N. The number of pyridine rings is 1. The third kappa shape index (κ3) is 2.33. The molecular formula is C14H16FN3. The molecule has 0 amide bonds. The normalized spacial score (nSPS) is 12.4. The van der Waals surface area contributed by atoms with Gasteiger partial charge in [0.05, 0.1) is 6.04 Å². The molecule has 18 heavy (non-hydrogen) atoms. The number of aryl methyl sites for hydroxylation is 1. The van der Waals surface area contributed by atoms with Crippen LogP contribution in [-0.2, 0) is 0 Å². The molecule has 3 nitrogen and oxygen atoms in total. The maximum absolute atomic E-state index is 13.9. The molecular weight excluding hydrogens is 229 g/mol. The predicted octanol–water partition coefficient (Wildman–Crippen LogP) is 2.42. The van der Waals surface area contributed by atoms with Crippen LogP contribution in [0.3, 0.4) is 0 Å². The lowest BCUT2D eigenvalue weighted by Gasteiger charge is -2.19. The summed E-state index contributed by atoms with van der Waals surface area (Å²) in [4.78, 5) is 4.04. The van der Waals surface area contributed by atoms with Gasteiger partial charge in [-0.1, -0.05) is 23.8 Å². The molecule has 1 aromatic heterocycles. The summed E-state index contributed by atoms with van der Waals surface area (Å²) >= 11 is 0. The number of halogens is 1. The zero-order valence-electron chi connectivity index (χ0n) is 10.4. The quantitative estimate of drug-likeness (QED) is 0.873. The highest BCUT2D eigenvalue weighted by molar-refractivity contribution is 5.46. The number of rotatable bonds is 3. The lowest BCUT2D eigenvalue weighted by atomic mass is 9.97. The maximum atomic E-state index is 13.9. The molecule has 0 bridgehead atoms. The molecule has 4 heteroatoms. The Morgan fingerprint density at radius 1 is 1.28 bits per heavy atom. The number of nitrogens with one attached hydrogen (secondary N) is 1. The number of benzene rings is 1. The van der Waals surface area contributed by atoms with E-state index in [0.29, 0.717) is 11.4 Å². The van der Waals surface area contributed by atoms with E-state index in [2.05, 4.69) is 10.3 Å². The van der Waals surface area contributed by atoms with E-state index in [9.17, 15) is 4.39 Å². The van der Waals surface area contributed by atoms with Gasteiger partial charge in [-0.05, 0) is 26.1 Å². The molecule has 1 unspecified atom stereocenters. The molecule has 1 heterocycles. The van der Waals surface area contributed by atoms with Gasteiger partial charge < -0.3 is 11.1 Å². The van der Waals surface area contributed by atoms with Crippen molar-refractivity contribution < 1.29 is 4.39 Å². The summed E-state index contributed by atoms with van der Waals surface area (Å²) in [7, 11) is 1.78. The zero-order chi connectivity index (χ0) is 13.1. The minimum atomic E-state index is -0.293. The largest absolute Gasteiger partial charge is 0.383 e. The van der Waals surface area contributed by atoms with Crippen LogP contribution in [0.1, 0.15) is 22.7 Å². The standard InChI is InChI=1S/C14H16FN3/c1-9-5-6-12(15)11(8-9)13(17-2)10-4-3-7-18-14(10)16/h3-8,13,17H,1-2H3,(H2,16,18). The van der Waals surface area contributed by atoms with Gasteiger partial charge in [0.15, 0.2) is 0 Å². The number of hydrogen-bond donors (Lipinski definition) is 2. The van der Waals surface area contributed by atoms with Crippen molar-refractivity contribution in [1.29, 1.82) is 0 Å². The van der Waals surface area contributed by atoms with Crippen LogP contribution in [-0.4, -0.2) is 12.0 Å². The smallest absolute Gasteiger partial charge is 0.128 e. The summed E-state index contributed by atoms with van der Waals surface area (Å²) in [5.74, 6) is 0.168. The monoisotopic (exact) mass is 245 g/mol. The van der Waals surface area contributed by atoms with Crippen molar-refractivity contribution in [3.05, 3.63) is 59.0 Å². The van der Waals surface area contributed by atoms with E-state index in [1.54, 1.807) is 25.4 Å². The molecule has 2 rings (SSSR count). The number of hydrogen-bond acceptors (Lipinski definition) is 3. The average molecular weight is 245 g/mol. The Labute approximate surface area is 106 Å². The number of nitrogen functional groups attached to an aromatic ring is 1. The first-order valence-corrected chi connectivity index (χ1v) is 5.77. The number of anilines is 1. The molecule has 0 saturated carbocycles. The Kier molecular flexibility index (Phi) is 3.58. The molecule has 0 spiro atoms. The van der Waals surface area contributed by atoms with Crippen LogP contribution in [0, 0.1) is 12.7 Å². The van der Waals surface area contributed by atoms with E-state index < -0.39 is 0 Å². The molecule has 0 saturated heterocycles. The van der Waals surface area contributed by atoms with Gasteiger partial charge in [0.25, 0.3) is 0 Å². The highest BCUT2D eigenvalue weighted by Crippen LogP contribution is 2.27. The molecule has 1 atom stereocenters. The summed E-state index contributed by atoms with van der Waals surface area (Å²) in [5.41, 5.74) is 8.22. The van der Waals surface area contributed by atoms with E-state index in [1.807, 2.05) is 19.1 Å². The van der Waals surface area contributed by atoms with E-state index in [4.69, 9.17) is 5.73 Å². The second-order valence-electron chi connectivity index (χ2n) is 4.22. The molecule has 0 aliphatic rings. The minimum absolute atomic E-state index is 0.247. The van der Waals surface area contributed by atoms with E-state index in [1.165, 1.54) is 6.07 Å². The van der Waals surface area contributed by atoms with Crippen molar-refractivity contribution in [3.63, 3.8) is 0 Å². The highest BCUT2D eigenvalue weighted by Gasteiger charge is 2.18. The number of aromatic nitrogens is 1. The third-order valence-corrected chi connectivity index (χ3v) is 2.93. The molecule has 94 valence electrons. The topological polar surface area (TPSA) is 50.9 Å². The van der Waals surface area contributed by atoms with Crippen molar-refractivity contribution in [2.24, 2.45) is 0 Å². The Balaban J connectivity index is 2.52. The first kappa shape index (κ1) is 12.5. The number of nitrogens with two attached hydrogens (primary N) is 1. The molecule has 0 fully saturated rings. The Morgan fingerprint density at radius 2 is 2.06 bits per heavy atom. The van der Waals surface area contributed by atoms with Crippen molar-refractivity contribution in [2.45, 2.75) is 13.0 Å². The van der Waals surface area contributed by atoms with Crippen LogP contribution in [0.4, 0.5) is 10.2 Å². The van der Waals surface area contributed by atoms with Crippen LogP contribution in [0.2, 0.25) is 0 Å². The van der Waals surface area contributed by atoms with Crippen LogP contribution < -0.4 is 11.1 Å². The molecule has 0 aliphatic carbocycles. The van der Waals surface area contributed by atoms with E-state index in [-0.39, 0.29) is 11.9 Å². The van der Waals surface area contributed by atoms with Crippen LogP contribution >= 0.6 is 0 Å². The van der Waals surface area contributed by atoms with E-state index in [0.717, 1.165) is 11.1 Å². The Morgan fingerprint density at radius 3 is 2.72 bits per heavy atom. The fraction of sp³-hybridized carbons (Fsp3) is 0.214. The summed E-state index contributed by atoms with van der Waals surface area (Å²) < 4.78 is 13.9. The summed E-state index contributed by atoms with van der Waals surface area (Å²) in [6.45, 7) is 1.93. The van der Waals surface area contributed by atoms with Gasteiger partial charge >= 0.3 is 0 Å². The van der Waals surface area contributed by atoms with Gasteiger partial charge in [-0.3, -0.25) is 0 Å². The predicted molar refractivity (Wildman–Crippen MR) is 70.7 cm³/mol. The lowest BCUT2D eigenvalue weighted by Crippen LogP contribution is -2.20. The maximum Gasteiger partial charge on any atom is 0.128 e. The van der Waals surface area contributed by atoms with Crippen LogP contribution in [0.25, 0.3) is 0 Å². The van der Waals surface area contributed by atoms with Gasteiger partial charge in [0.2, 0.25) is 0 Å². The minimum Gasteiger partial charge on any atom is -0.383 e. The fourth-order valence-corrected chi connectivity index (χ4v) is 2.04. The third-order valence-electron chi connectivity index (χ3n) is 2.93. The fourth-order valence-electron chi connectivity index (χ4n) is 2.04. The molecule has 3 N–H and O–H groups in total. The molecule has 0 aliphatic heterocycles. The second kappa shape index (κ2) is 5.14.